The van der Waals surface area contributed by atoms with Gasteiger partial charge in [-0.1, -0.05) is 41.9 Å². The van der Waals surface area contributed by atoms with Crippen LogP contribution in [0.25, 0.3) is 21.8 Å². The summed E-state index contributed by atoms with van der Waals surface area (Å²) in [7, 11) is 0. The molecular formula is C19H12ClN5O2. The Bertz CT molecular complexity index is 1270. The summed E-state index contributed by atoms with van der Waals surface area (Å²) in [6.07, 6.45) is 1.39. The number of hydrogen-bond acceptors (Lipinski definition) is 5. The first-order valence-electron chi connectivity index (χ1n) is 7.99. The lowest BCUT2D eigenvalue weighted by atomic mass is 10.2. The first kappa shape index (κ1) is 16.9. The van der Waals surface area contributed by atoms with E-state index < -0.39 is 11.5 Å². The molecule has 2 N–H and O–H groups in total. The standard InChI is InChI=1S/C19H12ClN5O2/c20-16-12(9-11-5-1-3-7-14(11)22-16)10-21-25-19(27)17-23-15-8-4-2-6-13(15)18(26)24-17/h1-10H,(H,25,27)(H,23,24,26)/b21-10+. The van der Waals surface area contributed by atoms with Crippen LogP contribution < -0.4 is 11.0 Å². The Morgan fingerprint density at radius 1 is 1.07 bits per heavy atom. The quantitative estimate of drug-likeness (QED) is 0.325. The van der Waals surface area contributed by atoms with Crippen LogP contribution in [-0.2, 0) is 0 Å². The summed E-state index contributed by atoms with van der Waals surface area (Å²) in [5.41, 5.74) is 3.68. The van der Waals surface area contributed by atoms with Crippen LogP contribution in [0.4, 0.5) is 0 Å². The Morgan fingerprint density at radius 2 is 1.81 bits per heavy atom. The number of aromatic nitrogens is 3. The van der Waals surface area contributed by atoms with Crippen LogP contribution in [0.2, 0.25) is 5.15 Å². The second kappa shape index (κ2) is 6.97. The molecule has 0 spiro atoms. The van der Waals surface area contributed by atoms with E-state index in [4.69, 9.17) is 11.6 Å². The molecule has 27 heavy (non-hydrogen) atoms. The van der Waals surface area contributed by atoms with E-state index in [2.05, 4.69) is 25.5 Å². The predicted octanol–water partition coefficient (Wildman–Crippen LogP) is 2.89. The third kappa shape index (κ3) is 3.40. The van der Waals surface area contributed by atoms with Gasteiger partial charge in [0.15, 0.2) is 0 Å². The molecule has 0 radical (unpaired) electrons. The molecule has 0 aliphatic heterocycles. The van der Waals surface area contributed by atoms with Gasteiger partial charge in [0.2, 0.25) is 5.82 Å². The lowest BCUT2D eigenvalue weighted by molar-refractivity contribution is 0.0945. The average Bonchev–Trinajstić information content (AvgIpc) is 2.68. The summed E-state index contributed by atoms with van der Waals surface area (Å²) < 4.78 is 0. The fraction of sp³-hybridized carbons (Fsp3) is 0. The minimum atomic E-state index is -0.640. The number of hydrazone groups is 1. The summed E-state index contributed by atoms with van der Waals surface area (Å²) in [4.78, 5) is 35.1. The first-order valence-corrected chi connectivity index (χ1v) is 8.37. The Balaban J connectivity index is 1.57. The average molecular weight is 378 g/mol. The molecule has 0 fully saturated rings. The molecule has 4 rings (SSSR count). The molecule has 132 valence electrons. The Morgan fingerprint density at radius 3 is 2.67 bits per heavy atom. The Labute approximate surface area is 157 Å². The number of carbonyl (C=O) groups is 1. The maximum Gasteiger partial charge on any atom is 0.307 e. The predicted molar refractivity (Wildman–Crippen MR) is 104 cm³/mol. The van der Waals surface area contributed by atoms with Crippen molar-refractivity contribution >= 4 is 45.5 Å². The molecule has 0 aliphatic carbocycles. The summed E-state index contributed by atoms with van der Waals surface area (Å²) >= 11 is 6.15. The van der Waals surface area contributed by atoms with Gasteiger partial charge in [-0.25, -0.2) is 15.4 Å². The van der Waals surface area contributed by atoms with E-state index in [0.29, 0.717) is 16.5 Å². The highest BCUT2D eigenvalue weighted by atomic mass is 35.5. The molecule has 0 bridgehead atoms. The van der Waals surface area contributed by atoms with Gasteiger partial charge in [0, 0.05) is 10.9 Å². The lowest BCUT2D eigenvalue weighted by Crippen LogP contribution is -2.24. The molecule has 2 heterocycles. The number of rotatable bonds is 3. The van der Waals surface area contributed by atoms with Gasteiger partial charge in [-0.05, 0) is 24.3 Å². The summed E-state index contributed by atoms with van der Waals surface area (Å²) in [5, 5.41) is 5.46. The van der Waals surface area contributed by atoms with Gasteiger partial charge in [0.05, 0.1) is 22.6 Å². The van der Waals surface area contributed by atoms with Gasteiger partial charge in [0.25, 0.3) is 5.56 Å². The summed E-state index contributed by atoms with van der Waals surface area (Å²) in [6, 6.07) is 16.1. The number of pyridine rings is 1. The lowest BCUT2D eigenvalue weighted by Gasteiger charge is -2.03. The van der Waals surface area contributed by atoms with Crippen molar-refractivity contribution in [1.29, 1.82) is 0 Å². The number of para-hydroxylation sites is 2. The van der Waals surface area contributed by atoms with E-state index >= 15 is 0 Å². The molecule has 1 amide bonds. The largest absolute Gasteiger partial charge is 0.307 e. The smallest absolute Gasteiger partial charge is 0.302 e. The number of nitrogens with zero attached hydrogens (tertiary/aromatic N) is 3. The molecule has 0 saturated heterocycles. The highest BCUT2D eigenvalue weighted by Crippen LogP contribution is 2.18. The highest BCUT2D eigenvalue weighted by molar-refractivity contribution is 6.32. The third-order valence-electron chi connectivity index (χ3n) is 3.90. The number of nitrogens with one attached hydrogen (secondary N) is 2. The minimum Gasteiger partial charge on any atom is -0.302 e. The SMILES string of the molecule is O=C(N/N=C/c1cc2ccccc2nc1Cl)c1nc2ccccc2c(=O)[nH]1. The fourth-order valence-corrected chi connectivity index (χ4v) is 2.80. The third-order valence-corrected chi connectivity index (χ3v) is 4.20. The molecular weight excluding hydrogens is 366 g/mol. The van der Waals surface area contributed by atoms with Gasteiger partial charge < -0.3 is 4.98 Å². The van der Waals surface area contributed by atoms with Gasteiger partial charge >= 0.3 is 5.91 Å². The number of hydrogen-bond donors (Lipinski definition) is 2. The van der Waals surface area contributed by atoms with Crippen LogP contribution in [0.1, 0.15) is 16.2 Å². The number of aromatic amines is 1. The van der Waals surface area contributed by atoms with Crippen molar-refractivity contribution in [1.82, 2.24) is 20.4 Å². The summed E-state index contributed by atoms with van der Waals surface area (Å²) in [5.74, 6) is -0.766. The number of amides is 1. The molecule has 8 heteroatoms. The minimum absolute atomic E-state index is 0.126. The Kier molecular flexibility index (Phi) is 4.35. The molecule has 7 nitrogen and oxygen atoms in total. The van der Waals surface area contributed by atoms with Crippen LogP contribution in [0.3, 0.4) is 0 Å². The van der Waals surface area contributed by atoms with Gasteiger partial charge in [-0.15, -0.1) is 0 Å². The zero-order chi connectivity index (χ0) is 18.8. The number of benzene rings is 2. The number of fused-ring (bicyclic) bond motifs is 2. The van der Waals surface area contributed by atoms with Crippen LogP contribution in [-0.4, -0.2) is 27.1 Å². The van der Waals surface area contributed by atoms with Crippen LogP contribution in [0.15, 0.2) is 64.5 Å². The van der Waals surface area contributed by atoms with E-state index in [1.165, 1.54) is 6.21 Å². The maximum absolute atomic E-state index is 12.2. The van der Waals surface area contributed by atoms with Crippen molar-refractivity contribution < 1.29 is 4.79 Å². The number of halogens is 1. The molecule has 0 saturated carbocycles. The van der Waals surface area contributed by atoms with Crippen molar-refractivity contribution in [2.45, 2.75) is 0 Å². The van der Waals surface area contributed by atoms with Crippen molar-refractivity contribution in [3.05, 3.63) is 81.5 Å². The molecule has 0 unspecified atom stereocenters. The van der Waals surface area contributed by atoms with E-state index in [-0.39, 0.29) is 11.0 Å². The topological polar surface area (TPSA) is 100 Å². The molecule has 0 atom stereocenters. The van der Waals surface area contributed by atoms with Gasteiger partial charge in [-0.3, -0.25) is 9.59 Å². The van der Waals surface area contributed by atoms with Gasteiger partial charge in [-0.2, -0.15) is 5.10 Å². The number of H-pyrrole nitrogens is 1. The molecule has 2 aromatic carbocycles. The van der Waals surface area contributed by atoms with Crippen molar-refractivity contribution in [3.63, 3.8) is 0 Å². The Hall–Kier alpha value is -3.58. The van der Waals surface area contributed by atoms with E-state index in [9.17, 15) is 9.59 Å². The van der Waals surface area contributed by atoms with E-state index in [1.54, 1.807) is 24.3 Å². The van der Waals surface area contributed by atoms with E-state index in [1.807, 2.05) is 30.3 Å². The summed E-state index contributed by atoms with van der Waals surface area (Å²) in [6.45, 7) is 0. The maximum atomic E-state index is 12.2. The monoisotopic (exact) mass is 377 g/mol. The van der Waals surface area contributed by atoms with Crippen molar-refractivity contribution in [3.8, 4) is 0 Å². The zero-order valence-corrected chi connectivity index (χ0v) is 14.6. The molecule has 4 aromatic rings. The molecule has 0 aliphatic rings. The van der Waals surface area contributed by atoms with Crippen molar-refractivity contribution in [2.75, 3.05) is 0 Å². The normalized spacial score (nSPS) is 11.3. The van der Waals surface area contributed by atoms with Crippen LogP contribution in [0, 0.1) is 0 Å². The molecule has 2 aromatic heterocycles. The zero-order valence-electron chi connectivity index (χ0n) is 13.8. The second-order valence-electron chi connectivity index (χ2n) is 5.69. The van der Waals surface area contributed by atoms with Crippen molar-refractivity contribution in [2.24, 2.45) is 5.10 Å². The van der Waals surface area contributed by atoms with Crippen LogP contribution >= 0.6 is 11.6 Å². The number of carbonyl (C=O) groups excluding carboxylic acids is 1. The van der Waals surface area contributed by atoms with Gasteiger partial charge in [0.1, 0.15) is 5.15 Å². The van der Waals surface area contributed by atoms with Crippen LogP contribution in [0.5, 0.6) is 0 Å². The highest BCUT2D eigenvalue weighted by Gasteiger charge is 2.10. The van der Waals surface area contributed by atoms with E-state index in [0.717, 1.165) is 10.9 Å². The first-order chi connectivity index (χ1) is 13.1. The fourth-order valence-electron chi connectivity index (χ4n) is 2.61. The second-order valence-corrected chi connectivity index (χ2v) is 6.05.